The Kier molecular flexibility index (Phi) is 5.24. The van der Waals surface area contributed by atoms with E-state index >= 15 is 0 Å². The number of nitrogens with one attached hydrogen (secondary N) is 1. The van der Waals surface area contributed by atoms with Gasteiger partial charge in [0.2, 0.25) is 0 Å². The summed E-state index contributed by atoms with van der Waals surface area (Å²) in [6.45, 7) is 4.29. The van der Waals surface area contributed by atoms with E-state index in [0.29, 0.717) is 17.1 Å². The first-order valence-electron chi connectivity index (χ1n) is 8.26. The number of carbonyl (C=O) groups excluding carboxylic acids is 1. The SMILES string of the molecule is Cc1ccc(C)c(NC(=O)c2ccc(=O)n(Cc3ccc(Cl)cc3)c2)c1. The number of carbonyl (C=O) groups is 1. The molecule has 0 aliphatic rings. The summed E-state index contributed by atoms with van der Waals surface area (Å²) in [5, 5.41) is 3.56. The van der Waals surface area contributed by atoms with Gasteiger partial charge in [0.25, 0.3) is 11.5 Å². The molecule has 0 aliphatic heterocycles. The van der Waals surface area contributed by atoms with Crippen LogP contribution in [0.1, 0.15) is 27.0 Å². The van der Waals surface area contributed by atoms with E-state index in [1.165, 1.54) is 10.6 Å². The molecule has 0 aliphatic carbocycles. The Morgan fingerprint density at radius 1 is 1.04 bits per heavy atom. The predicted molar refractivity (Wildman–Crippen MR) is 105 cm³/mol. The van der Waals surface area contributed by atoms with Crippen LogP contribution in [0.2, 0.25) is 5.02 Å². The summed E-state index contributed by atoms with van der Waals surface area (Å²) in [5.74, 6) is -0.247. The lowest BCUT2D eigenvalue weighted by Gasteiger charge is -2.11. The molecule has 0 saturated heterocycles. The number of hydrogen-bond acceptors (Lipinski definition) is 2. The fourth-order valence-corrected chi connectivity index (χ4v) is 2.77. The zero-order valence-electron chi connectivity index (χ0n) is 14.6. The van der Waals surface area contributed by atoms with Gasteiger partial charge in [0.05, 0.1) is 12.1 Å². The van der Waals surface area contributed by atoms with Crippen molar-refractivity contribution >= 4 is 23.2 Å². The van der Waals surface area contributed by atoms with Crippen molar-refractivity contribution in [1.82, 2.24) is 4.57 Å². The van der Waals surface area contributed by atoms with Gasteiger partial charge in [-0.3, -0.25) is 9.59 Å². The van der Waals surface area contributed by atoms with Gasteiger partial charge in [-0.1, -0.05) is 35.9 Å². The Labute approximate surface area is 157 Å². The first-order chi connectivity index (χ1) is 12.4. The van der Waals surface area contributed by atoms with E-state index in [-0.39, 0.29) is 11.5 Å². The fourth-order valence-electron chi connectivity index (χ4n) is 2.64. The van der Waals surface area contributed by atoms with Crippen molar-refractivity contribution in [1.29, 1.82) is 0 Å². The Morgan fingerprint density at radius 3 is 2.50 bits per heavy atom. The zero-order valence-corrected chi connectivity index (χ0v) is 15.4. The van der Waals surface area contributed by atoms with E-state index < -0.39 is 0 Å². The molecular weight excluding hydrogens is 348 g/mol. The molecule has 3 aromatic rings. The highest BCUT2D eigenvalue weighted by Crippen LogP contribution is 2.17. The molecule has 1 aromatic heterocycles. The van der Waals surface area contributed by atoms with Crippen LogP contribution in [0, 0.1) is 13.8 Å². The third-order valence-electron chi connectivity index (χ3n) is 4.15. The van der Waals surface area contributed by atoms with Crippen LogP contribution < -0.4 is 10.9 Å². The third kappa shape index (κ3) is 4.21. The number of pyridine rings is 1. The van der Waals surface area contributed by atoms with Crippen molar-refractivity contribution in [3.63, 3.8) is 0 Å². The summed E-state index contributed by atoms with van der Waals surface area (Å²) in [5.41, 5.74) is 4.02. The minimum Gasteiger partial charge on any atom is -0.322 e. The van der Waals surface area contributed by atoms with Crippen molar-refractivity contribution < 1.29 is 4.79 Å². The van der Waals surface area contributed by atoms with Gasteiger partial charge < -0.3 is 9.88 Å². The standard InChI is InChI=1S/C21H19ClN2O2/c1-14-3-4-15(2)19(11-14)23-21(26)17-7-10-20(25)24(13-17)12-16-5-8-18(22)9-6-16/h3-11,13H,12H2,1-2H3,(H,23,26). The van der Waals surface area contributed by atoms with Gasteiger partial charge in [-0.05, 0) is 54.8 Å². The number of anilines is 1. The molecule has 1 N–H and O–H groups in total. The van der Waals surface area contributed by atoms with Gasteiger partial charge in [0.1, 0.15) is 0 Å². The van der Waals surface area contributed by atoms with Crippen LogP contribution in [0.15, 0.2) is 65.6 Å². The van der Waals surface area contributed by atoms with Gasteiger partial charge in [-0.2, -0.15) is 0 Å². The van der Waals surface area contributed by atoms with E-state index in [9.17, 15) is 9.59 Å². The van der Waals surface area contributed by atoms with Gasteiger partial charge in [0, 0.05) is 23.0 Å². The van der Waals surface area contributed by atoms with Crippen molar-refractivity contribution in [3.8, 4) is 0 Å². The molecule has 0 unspecified atom stereocenters. The smallest absolute Gasteiger partial charge is 0.257 e. The number of halogens is 1. The molecule has 26 heavy (non-hydrogen) atoms. The molecule has 1 heterocycles. The predicted octanol–water partition coefficient (Wildman–Crippen LogP) is 4.42. The third-order valence-corrected chi connectivity index (χ3v) is 4.41. The van der Waals surface area contributed by atoms with Gasteiger partial charge >= 0.3 is 0 Å². The van der Waals surface area contributed by atoms with Crippen LogP contribution in [-0.4, -0.2) is 10.5 Å². The largest absolute Gasteiger partial charge is 0.322 e. The van der Waals surface area contributed by atoms with Crippen molar-refractivity contribution in [3.05, 3.63) is 98.4 Å². The normalized spacial score (nSPS) is 10.6. The lowest BCUT2D eigenvalue weighted by molar-refractivity contribution is 0.102. The monoisotopic (exact) mass is 366 g/mol. The van der Waals surface area contributed by atoms with Gasteiger partial charge in [-0.15, -0.1) is 0 Å². The van der Waals surface area contributed by atoms with Crippen LogP contribution in [0.4, 0.5) is 5.69 Å². The molecule has 3 rings (SSSR count). The Hall–Kier alpha value is -2.85. The number of rotatable bonds is 4. The molecule has 132 valence electrons. The zero-order chi connectivity index (χ0) is 18.7. The summed E-state index contributed by atoms with van der Waals surface area (Å²) in [4.78, 5) is 24.7. The Morgan fingerprint density at radius 2 is 1.77 bits per heavy atom. The molecule has 0 saturated carbocycles. The molecule has 0 fully saturated rings. The fraction of sp³-hybridized carbons (Fsp3) is 0.143. The summed E-state index contributed by atoms with van der Waals surface area (Å²) in [6.07, 6.45) is 1.58. The van der Waals surface area contributed by atoms with Crippen molar-refractivity contribution in [2.24, 2.45) is 0 Å². The molecule has 5 heteroatoms. The molecule has 0 spiro atoms. The summed E-state index contributed by atoms with van der Waals surface area (Å²) in [6, 6.07) is 16.1. The number of hydrogen-bond donors (Lipinski definition) is 1. The lowest BCUT2D eigenvalue weighted by atomic mass is 10.1. The van der Waals surface area contributed by atoms with Crippen LogP contribution in [-0.2, 0) is 6.54 Å². The average molecular weight is 367 g/mol. The van der Waals surface area contributed by atoms with Crippen molar-refractivity contribution in [2.75, 3.05) is 5.32 Å². The minimum absolute atomic E-state index is 0.164. The number of aromatic nitrogens is 1. The molecule has 1 amide bonds. The van der Waals surface area contributed by atoms with Crippen molar-refractivity contribution in [2.45, 2.75) is 20.4 Å². The number of amides is 1. The summed E-state index contributed by atoms with van der Waals surface area (Å²) < 4.78 is 1.52. The Balaban J connectivity index is 1.84. The molecular formula is C21H19ClN2O2. The van der Waals surface area contributed by atoms with Gasteiger partial charge in [0.15, 0.2) is 0 Å². The highest BCUT2D eigenvalue weighted by atomic mass is 35.5. The summed E-state index contributed by atoms with van der Waals surface area (Å²) >= 11 is 5.89. The number of nitrogens with zero attached hydrogens (tertiary/aromatic N) is 1. The average Bonchev–Trinajstić information content (AvgIpc) is 2.62. The van der Waals surface area contributed by atoms with Crippen LogP contribution in [0.3, 0.4) is 0 Å². The second-order valence-electron chi connectivity index (χ2n) is 6.28. The van der Waals surface area contributed by atoms with E-state index in [1.807, 2.05) is 44.2 Å². The number of benzene rings is 2. The van der Waals surface area contributed by atoms with E-state index in [4.69, 9.17) is 11.6 Å². The highest BCUT2D eigenvalue weighted by Gasteiger charge is 2.10. The van der Waals surface area contributed by atoms with Crippen LogP contribution >= 0.6 is 11.6 Å². The maximum atomic E-state index is 12.6. The Bertz CT molecular complexity index is 1010. The molecule has 0 radical (unpaired) electrons. The van der Waals surface area contributed by atoms with Crippen LogP contribution in [0.25, 0.3) is 0 Å². The lowest BCUT2D eigenvalue weighted by Crippen LogP contribution is -2.22. The first kappa shape index (κ1) is 18.0. The molecule has 2 aromatic carbocycles. The molecule has 0 bridgehead atoms. The van der Waals surface area contributed by atoms with Gasteiger partial charge in [-0.25, -0.2) is 0 Å². The maximum absolute atomic E-state index is 12.6. The highest BCUT2D eigenvalue weighted by molar-refractivity contribution is 6.30. The number of aryl methyl sites for hydroxylation is 2. The van der Waals surface area contributed by atoms with E-state index in [1.54, 1.807) is 24.4 Å². The van der Waals surface area contributed by atoms with E-state index in [2.05, 4.69) is 5.32 Å². The maximum Gasteiger partial charge on any atom is 0.257 e. The van der Waals surface area contributed by atoms with E-state index in [0.717, 1.165) is 22.4 Å². The minimum atomic E-state index is -0.247. The van der Waals surface area contributed by atoms with Crippen LogP contribution in [0.5, 0.6) is 0 Å². The molecule has 4 nitrogen and oxygen atoms in total. The first-order valence-corrected chi connectivity index (χ1v) is 8.64. The second kappa shape index (κ2) is 7.58. The molecule has 0 atom stereocenters. The quantitative estimate of drug-likeness (QED) is 0.743. The second-order valence-corrected chi connectivity index (χ2v) is 6.72. The summed E-state index contributed by atoms with van der Waals surface area (Å²) in [7, 11) is 0. The topological polar surface area (TPSA) is 51.1 Å².